The van der Waals surface area contributed by atoms with Crippen molar-refractivity contribution in [2.45, 2.75) is 9.79 Å². The maximum Gasteiger partial charge on any atom is 0.280 e. The highest BCUT2D eigenvalue weighted by molar-refractivity contribution is 7.95. The first-order valence-corrected chi connectivity index (χ1v) is 11.6. The zero-order chi connectivity index (χ0) is 23.3. The van der Waals surface area contributed by atoms with Crippen molar-refractivity contribution in [3.05, 3.63) is 74.5 Å². The van der Waals surface area contributed by atoms with Crippen LogP contribution in [-0.4, -0.2) is 54.5 Å². The fourth-order valence-electron chi connectivity index (χ4n) is 3.27. The summed E-state index contributed by atoms with van der Waals surface area (Å²) in [6.45, 7) is 0. The second-order valence-electron chi connectivity index (χ2n) is 6.57. The number of aromatic nitrogens is 1. The molecule has 0 bridgehead atoms. The van der Waals surface area contributed by atoms with Gasteiger partial charge in [0.1, 0.15) is 0 Å². The number of aromatic amines is 1. The first-order valence-electron chi connectivity index (χ1n) is 8.72. The van der Waals surface area contributed by atoms with E-state index in [1.54, 1.807) is 0 Å². The van der Waals surface area contributed by atoms with Crippen molar-refractivity contribution in [2.24, 2.45) is 4.99 Å². The third-order valence-corrected chi connectivity index (χ3v) is 7.08. The molecular weight excluding hydrogens is 454 g/mol. The molecule has 2 heterocycles. The van der Waals surface area contributed by atoms with Crippen LogP contribution >= 0.6 is 0 Å². The van der Waals surface area contributed by atoms with Gasteiger partial charge < -0.3 is 19.4 Å². The van der Waals surface area contributed by atoms with Gasteiger partial charge in [0.05, 0.1) is 42.6 Å². The van der Waals surface area contributed by atoms with Gasteiger partial charge in [-0.2, -0.15) is 0 Å². The minimum Gasteiger partial charge on any atom is -0.583 e. The average molecular weight is 464 g/mol. The molecule has 0 saturated heterocycles. The van der Waals surface area contributed by atoms with Crippen molar-refractivity contribution in [3.63, 3.8) is 0 Å². The Morgan fingerprint density at radius 3 is 1.72 bits per heavy atom. The Kier molecular flexibility index (Phi) is 5.33. The number of benzene rings is 2. The standard InChI is InChI=1S/C18H10B2N4O6S2/c19-23-31(27,28)11-5-1-9(2-6-11)15-13-14(18(26)21-15)16(22-17(13)25)10-3-7-12(8-4-10)32(29,30)24-20/h1-8H,(H2,21,22,25,26)/q-2. The van der Waals surface area contributed by atoms with E-state index in [0.29, 0.717) is 11.1 Å². The van der Waals surface area contributed by atoms with Crippen LogP contribution in [0, 0.1) is 0 Å². The van der Waals surface area contributed by atoms with E-state index >= 15 is 0 Å². The van der Waals surface area contributed by atoms with E-state index in [0.717, 1.165) is 0 Å². The fourth-order valence-corrected chi connectivity index (χ4v) is 4.47. The number of aliphatic imine (C=N–C) groups is 1. The molecule has 2 N–H and O–H groups in total. The molecular formula is C18H10B2N4O6S2-2. The van der Waals surface area contributed by atoms with E-state index in [4.69, 9.17) is 16.0 Å². The molecule has 0 spiro atoms. The SMILES string of the molecule is [B][N-]S(=O)(=O)c1ccc(C2=NC(=O)c3c(-c4ccc(S(=O)(=O)[N-][B])cc4)[nH]c(O)c32)cc1. The lowest BCUT2D eigenvalue weighted by Gasteiger charge is -2.14. The predicted octanol–water partition coefficient (Wildman–Crippen LogP) is 1.67. The zero-order valence-corrected chi connectivity index (χ0v) is 17.6. The summed E-state index contributed by atoms with van der Waals surface area (Å²) < 4.78 is 52.6. The predicted molar refractivity (Wildman–Crippen MR) is 117 cm³/mol. The third kappa shape index (κ3) is 3.56. The molecule has 2 aromatic carbocycles. The molecule has 0 saturated carbocycles. The van der Waals surface area contributed by atoms with Gasteiger partial charge in [-0.3, -0.25) is 4.79 Å². The molecule has 158 valence electrons. The van der Waals surface area contributed by atoms with E-state index in [-0.39, 0.29) is 38.2 Å². The van der Waals surface area contributed by atoms with Crippen molar-refractivity contribution < 1.29 is 26.7 Å². The lowest BCUT2D eigenvalue weighted by atomic mass is 10.0. The Bertz CT molecular complexity index is 1480. The van der Waals surface area contributed by atoms with Crippen LogP contribution in [0.2, 0.25) is 0 Å². The molecule has 4 rings (SSSR count). The number of hydrogen-bond acceptors (Lipinski definition) is 6. The molecule has 4 radical (unpaired) electrons. The number of H-pyrrole nitrogens is 1. The van der Waals surface area contributed by atoms with Crippen LogP contribution in [-0.2, 0) is 20.0 Å². The number of amides is 1. The Morgan fingerprint density at radius 2 is 1.25 bits per heavy atom. The minimum absolute atomic E-state index is 0.0882. The topological polar surface area (TPSA) is 162 Å². The zero-order valence-electron chi connectivity index (χ0n) is 15.9. The van der Waals surface area contributed by atoms with E-state index < -0.39 is 26.0 Å². The highest BCUT2D eigenvalue weighted by Crippen LogP contribution is 2.38. The Hall–Kier alpha value is -3.19. The van der Waals surface area contributed by atoms with Crippen LogP contribution in [0.25, 0.3) is 20.5 Å². The number of sulfonamides is 2. The highest BCUT2D eigenvalue weighted by Gasteiger charge is 2.33. The summed E-state index contributed by atoms with van der Waals surface area (Å²) in [4.78, 5) is 19.0. The van der Waals surface area contributed by atoms with Crippen LogP contribution in [0.3, 0.4) is 0 Å². The molecule has 1 aliphatic heterocycles. The van der Waals surface area contributed by atoms with E-state index in [1.165, 1.54) is 48.5 Å². The van der Waals surface area contributed by atoms with Gasteiger partial charge in [0, 0.05) is 15.4 Å². The summed E-state index contributed by atoms with van der Waals surface area (Å²) in [5.74, 6) is -0.967. The monoisotopic (exact) mass is 464 g/mol. The van der Waals surface area contributed by atoms with E-state index in [9.17, 15) is 26.7 Å². The highest BCUT2D eigenvalue weighted by atomic mass is 32.2. The lowest BCUT2D eigenvalue weighted by molar-refractivity contribution is 0.101. The summed E-state index contributed by atoms with van der Waals surface area (Å²) in [6.07, 6.45) is 0. The van der Waals surface area contributed by atoms with Crippen molar-refractivity contribution in [2.75, 3.05) is 0 Å². The number of nitrogens with zero attached hydrogens (tertiary/aromatic N) is 3. The number of aromatic hydroxyl groups is 1. The number of carbonyl (C=O) groups excluding carboxylic acids is 1. The van der Waals surface area contributed by atoms with Crippen molar-refractivity contribution in [1.29, 1.82) is 0 Å². The molecule has 1 aromatic heterocycles. The second kappa shape index (κ2) is 7.74. The van der Waals surface area contributed by atoms with Crippen molar-refractivity contribution >= 4 is 47.6 Å². The maximum atomic E-state index is 12.6. The molecule has 0 unspecified atom stereocenters. The van der Waals surface area contributed by atoms with Gasteiger partial charge in [-0.15, -0.1) is 16.0 Å². The second-order valence-corrected chi connectivity index (χ2v) is 9.84. The molecule has 0 atom stereocenters. The van der Waals surface area contributed by atoms with Gasteiger partial charge in [0.2, 0.25) is 0 Å². The molecule has 1 amide bonds. The summed E-state index contributed by atoms with van der Waals surface area (Å²) in [7, 11) is 1.81. The largest absolute Gasteiger partial charge is 0.583 e. The number of hydrogen-bond donors (Lipinski definition) is 2. The van der Waals surface area contributed by atoms with Crippen molar-refractivity contribution in [1.82, 2.24) is 4.98 Å². The fraction of sp³-hybridized carbons (Fsp3) is 0. The molecule has 0 aliphatic carbocycles. The Labute approximate surface area is 185 Å². The van der Waals surface area contributed by atoms with Gasteiger partial charge in [-0.25, -0.2) is 21.8 Å². The normalized spacial score (nSPS) is 13.8. The van der Waals surface area contributed by atoms with Gasteiger partial charge in [-0.1, -0.05) is 24.3 Å². The number of carbonyl (C=O) groups is 1. The lowest BCUT2D eigenvalue weighted by Crippen LogP contribution is -2.02. The molecule has 3 aromatic rings. The summed E-state index contributed by atoms with van der Waals surface area (Å²) in [5.41, 5.74) is 1.38. The van der Waals surface area contributed by atoms with Gasteiger partial charge >= 0.3 is 0 Å². The summed E-state index contributed by atoms with van der Waals surface area (Å²) >= 11 is 0. The van der Waals surface area contributed by atoms with Crippen LogP contribution in [0.15, 0.2) is 63.3 Å². The quantitative estimate of drug-likeness (QED) is 0.528. The number of fused-ring (bicyclic) bond motifs is 1. The first kappa shape index (κ1) is 22.0. The van der Waals surface area contributed by atoms with E-state index in [2.05, 4.69) is 19.2 Å². The van der Waals surface area contributed by atoms with Crippen LogP contribution in [0.4, 0.5) is 0 Å². The van der Waals surface area contributed by atoms with Gasteiger partial charge in [0.15, 0.2) is 5.88 Å². The maximum absolute atomic E-state index is 12.6. The molecule has 14 heteroatoms. The average Bonchev–Trinajstić information content (AvgIpc) is 3.32. The number of rotatable bonds is 6. The Balaban J connectivity index is 1.75. The van der Waals surface area contributed by atoms with Gasteiger partial charge in [-0.05, 0) is 29.8 Å². The summed E-state index contributed by atoms with van der Waals surface area (Å²) in [5, 5.41) is 10.5. The molecule has 32 heavy (non-hydrogen) atoms. The minimum atomic E-state index is -3.98. The van der Waals surface area contributed by atoms with Crippen LogP contribution in [0.1, 0.15) is 21.5 Å². The smallest absolute Gasteiger partial charge is 0.280 e. The van der Waals surface area contributed by atoms with Crippen LogP contribution in [0.5, 0.6) is 5.88 Å². The number of nitrogens with one attached hydrogen (secondary N) is 1. The molecule has 0 fully saturated rings. The Morgan fingerprint density at radius 1 is 0.781 bits per heavy atom. The first-order chi connectivity index (χ1) is 15.1. The molecule has 1 aliphatic rings. The van der Waals surface area contributed by atoms with E-state index in [1.807, 2.05) is 0 Å². The van der Waals surface area contributed by atoms with Crippen molar-refractivity contribution in [3.8, 4) is 17.1 Å². The molecule has 10 nitrogen and oxygen atoms in total. The van der Waals surface area contributed by atoms with Crippen LogP contribution < -0.4 is 0 Å². The van der Waals surface area contributed by atoms with Gasteiger partial charge in [0.25, 0.3) is 5.91 Å². The third-order valence-electron chi connectivity index (χ3n) is 4.79. The summed E-state index contributed by atoms with van der Waals surface area (Å²) in [6, 6.07) is 10.7.